The number of carbonyl (C=O) groups excluding carboxylic acids is 3. The average Bonchev–Trinajstić information content (AvgIpc) is 3.11. The predicted molar refractivity (Wildman–Crippen MR) is 184 cm³/mol. The highest BCUT2D eigenvalue weighted by atomic mass is 16.6. The first-order valence-corrected chi connectivity index (χ1v) is 16.4. The molecule has 0 spiro atoms. The smallest absolute Gasteiger partial charge is 0.303 e. The summed E-state index contributed by atoms with van der Waals surface area (Å²) in [4.78, 5) is 65.5. The van der Waals surface area contributed by atoms with Gasteiger partial charge >= 0.3 is 5.97 Å². The van der Waals surface area contributed by atoms with E-state index in [1.807, 2.05) is 60.7 Å². The van der Waals surface area contributed by atoms with Crippen molar-refractivity contribution >= 4 is 29.4 Å². The number of rotatable bonds is 16. The van der Waals surface area contributed by atoms with E-state index in [0.29, 0.717) is 41.9 Å². The number of hydrogen-bond acceptors (Lipinski definition) is 7. The topological polar surface area (TPSA) is 168 Å². The Balaban J connectivity index is 1.47. The van der Waals surface area contributed by atoms with Crippen molar-refractivity contribution in [3.63, 3.8) is 0 Å². The Morgan fingerprint density at radius 1 is 0.820 bits per heavy atom. The van der Waals surface area contributed by atoms with Crippen molar-refractivity contribution in [2.45, 2.75) is 56.7 Å². The molecule has 3 amide bonds. The summed E-state index contributed by atoms with van der Waals surface area (Å²) in [5.74, 6) is -1.15. The van der Waals surface area contributed by atoms with Crippen molar-refractivity contribution in [1.82, 2.24) is 15.5 Å². The van der Waals surface area contributed by atoms with E-state index in [1.165, 1.54) is 29.2 Å². The van der Waals surface area contributed by atoms with Gasteiger partial charge in [-0.1, -0.05) is 79.2 Å². The van der Waals surface area contributed by atoms with Gasteiger partial charge in [-0.25, -0.2) is 0 Å². The highest BCUT2D eigenvalue weighted by Gasteiger charge is 2.46. The first-order valence-electron chi connectivity index (χ1n) is 16.4. The maximum atomic E-state index is 14.5. The third-order valence-electron chi connectivity index (χ3n) is 8.43. The van der Waals surface area contributed by atoms with Crippen LogP contribution in [0, 0.1) is 10.1 Å². The number of nitrogens with zero attached hydrogens (tertiary/aromatic N) is 2. The third kappa shape index (κ3) is 9.31. The molecule has 4 aromatic rings. The Hall–Kier alpha value is -6.04. The summed E-state index contributed by atoms with van der Waals surface area (Å²) in [5, 5.41) is 25.9. The van der Waals surface area contributed by atoms with E-state index < -0.39 is 46.7 Å². The van der Waals surface area contributed by atoms with Crippen LogP contribution in [0.5, 0.6) is 11.5 Å². The first-order chi connectivity index (χ1) is 24.2. The molecule has 1 fully saturated rings. The van der Waals surface area contributed by atoms with E-state index in [9.17, 15) is 29.3 Å². The lowest BCUT2D eigenvalue weighted by Gasteiger charge is -2.43. The number of hydrogen-bond donors (Lipinski definition) is 3. The number of nitro groups is 1. The van der Waals surface area contributed by atoms with Gasteiger partial charge in [0.25, 0.3) is 5.69 Å². The molecule has 50 heavy (non-hydrogen) atoms. The summed E-state index contributed by atoms with van der Waals surface area (Å²) in [7, 11) is 0. The van der Waals surface area contributed by atoms with E-state index in [2.05, 4.69) is 10.6 Å². The van der Waals surface area contributed by atoms with Crippen molar-refractivity contribution < 1.29 is 33.9 Å². The Bertz CT molecular complexity index is 1780. The van der Waals surface area contributed by atoms with Gasteiger partial charge in [-0.3, -0.25) is 29.3 Å². The molecule has 0 aromatic heterocycles. The summed E-state index contributed by atoms with van der Waals surface area (Å²) < 4.78 is 5.95. The number of carboxylic acids is 1. The molecule has 0 radical (unpaired) electrons. The Labute approximate surface area is 289 Å². The van der Waals surface area contributed by atoms with Crippen molar-refractivity contribution in [1.29, 1.82) is 0 Å². The van der Waals surface area contributed by atoms with Crippen LogP contribution in [-0.2, 0) is 32.0 Å². The Kier molecular flexibility index (Phi) is 11.9. The summed E-state index contributed by atoms with van der Waals surface area (Å²) in [6.45, 7) is 0.244. The Morgan fingerprint density at radius 3 is 2.08 bits per heavy atom. The van der Waals surface area contributed by atoms with Gasteiger partial charge < -0.3 is 25.4 Å². The van der Waals surface area contributed by atoms with Gasteiger partial charge in [-0.15, -0.1) is 0 Å². The monoisotopic (exact) mass is 678 g/mol. The van der Waals surface area contributed by atoms with E-state index in [0.717, 1.165) is 5.56 Å². The SMILES string of the molecule is O=C(O)CCCCCNC(=O)C(c1ccc(Oc2ccccc2)cc1)N1C(=O)C(Cc2ccc([N+](=O)[O-])cc2)NC(=O)C1Cc1ccccc1. The van der Waals surface area contributed by atoms with Crippen LogP contribution in [0.3, 0.4) is 0 Å². The molecule has 1 aliphatic rings. The van der Waals surface area contributed by atoms with Crippen LogP contribution in [0.4, 0.5) is 5.69 Å². The maximum Gasteiger partial charge on any atom is 0.303 e. The molecule has 1 saturated heterocycles. The molecular formula is C38H38N4O8. The standard InChI is InChI=1S/C38H38N4O8/c43-34(44)14-8-3-9-23-39-37(46)35(28-17-21-31(22-18-28)50-30-12-6-2-7-13-30)41-33(25-26-10-4-1-5-11-26)36(45)40-32(38(41)47)24-27-15-19-29(20-16-27)42(48)49/h1-2,4-7,10-13,15-22,32-33,35H,3,8-9,14,23-25H2,(H,39,46)(H,40,45)(H,43,44). The van der Waals surface area contributed by atoms with Crippen molar-refractivity contribution in [3.05, 3.63) is 136 Å². The summed E-state index contributed by atoms with van der Waals surface area (Å²) in [6, 6.07) is 27.7. The second-order valence-corrected chi connectivity index (χ2v) is 12.0. The second kappa shape index (κ2) is 16.9. The fraction of sp³-hybridized carbons (Fsp3) is 0.263. The fourth-order valence-corrected chi connectivity index (χ4v) is 5.92. The lowest BCUT2D eigenvalue weighted by atomic mass is 9.92. The molecule has 4 aromatic carbocycles. The van der Waals surface area contributed by atoms with Gasteiger partial charge in [0.05, 0.1) is 4.92 Å². The van der Waals surface area contributed by atoms with Gasteiger partial charge in [0, 0.05) is 37.9 Å². The lowest BCUT2D eigenvalue weighted by molar-refractivity contribution is -0.384. The van der Waals surface area contributed by atoms with E-state index >= 15 is 0 Å². The third-order valence-corrected chi connectivity index (χ3v) is 8.43. The quantitative estimate of drug-likeness (QED) is 0.0808. The van der Waals surface area contributed by atoms with Crippen LogP contribution in [0.1, 0.15) is 48.4 Å². The molecule has 1 heterocycles. The van der Waals surface area contributed by atoms with E-state index in [-0.39, 0.29) is 31.5 Å². The van der Waals surface area contributed by atoms with Crippen molar-refractivity contribution in [3.8, 4) is 11.5 Å². The molecule has 1 aliphatic heterocycles. The van der Waals surface area contributed by atoms with Crippen LogP contribution in [-0.4, -0.2) is 57.2 Å². The van der Waals surface area contributed by atoms with Crippen LogP contribution < -0.4 is 15.4 Å². The number of aliphatic carboxylic acids is 1. The zero-order valence-electron chi connectivity index (χ0n) is 27.3. The minimum atomic E-state index is -1.20. The van der Waals surface area contributed by atoms with Crippen molar-refractivity contribution in [2.75, 3.05) is 6.54 Å². The molecule has 12 heteroatoms. The highest BCUT2D eigenvalue weighted by Crippen LogP contribution is 2.32. The Morgan fingerprint density at radius 2 is 1.44 bits per heavy atom. The number of nitro benzene ring substituents is 1. The first kappa shape index (κ1) is 35.3. The van der Waals surface area contributed by atoms with Crippen LogP contribution in [0.2, 0.25) is 0 Å². The van der Waals surface area contributed by atoms with Crippen LogP contribution in [0.15, 0.2) is 109 Å². The molecule has 3 atom stereocenters. The van der Waals surface area contributed by atoms with Gasteiger partial charge in [0.1, 0.15) is 29.6 Å². The van der Waals surface area contributed by atoms with Gasteiger partial charge in [-0.05, 0) is 53.8 Å². The summed E-state index contributed by atoms with van der Waals surface area (Å²) in [6.07, 6.45) is 1.81. The largest absolute Gasteiger partial charge is 0.481 e. The van der Waals surface area contributed by atoms with Gasteiger partial charge in [-0.2, -0.15) is 0 Å². The van der Waals surface area contributed by atoms with Gasteiger partial charge in [0.15, 0.2) is 0 Å². The summed E-state index contributed by atoms with van der Waals surface area (Å²) in [5.41, 5.74) is 1.75. The zero-order chi connectivity index (χ0) is 35.5. The minimum Gasteiger partial charge on any atom is -0.481 e. The molecule has 3 unspecified atom stereocenters. The number of nitrogens with one attached hydrogen (secondary N) is 2. The highest BCUT2D eigenvalue weighted by molar-refractivity contribution is 6.00. The number of carbonyl (C=O) groups is 4. The number of carboxylic acid groups (broad SMARTS) is 1. The van der Waals surface area contributed by atoms with Crippen LogP contribution in [0.25, 0.3) is 0 Å². The number of ether oxygens (including phenoxy) is 1. The van der Waals surface area contributed by atoms with Crippen LogP contribution >= 0.6 is 0 Å². The van der Waals surface area contributed by atoms with Gasteiger partial charge in [0.2, 0.25) is 17.7 Å². The molecule has 5 rings (SSSR count). The molecule has 12 nitrogen and oxygen atoms in total. The van der Waals surface area contributed by atoms with E-state index in [4.69, 9.17) is 9.84 Å². The fourth-order valence-electron chi connectivity index (χ4n) is 5.92. The minimum absolute atomic E-state index is 0.0304. The normalized spacial score (nSPS) is 16.3. The number of para-hydroxylation sites is 1. The molecule has 3 N–H and O–H groups in total. The maximum absolute atomic E-state index is 14.5. The number of piperazine rings is 1. The number of benzene rings is 4. The zero-order valence-corrected chi connectivity index (χ0v) is 27.3. The number of amides is 3. The second-order valence-electron chi connectivity index (χ2n) is 12.0. The molecule has 0 bridgehead atoms. The lowest BCUT2D eigenvalue weighted by Crippen LogP contribution is -2.66. The van der Waals surface area contributed by atoms with E-state index in [1.54, 1.807) is 24.3 Å². The average molecular weight is 679 g/mol. The number of unbranched alkanes of at least 4 members (excludes halogenated alkanes) is 2. The summed E-state index contributed by atoms with van der Waals surface area (Å²) >= 11 is 0. The van der Waals surface area contributed by atoms with Crippen molar-refractivity contribution in [2.24, 2.45) is 0 Å². The molecule has 258 valence electrons. The molecular weight excluding hydrogens is 640 g/mol. The molecule has 0 saturated carbocycles. The predicted octanol–water partition coefficient (Wildman–Crippen LogP) is 5.37. The molecule has 0 aliphatic carbocycles. The number of non-ortho nitro benzene ring substituents is 1.